The summed E-state index contributed by atoms with van der Waals surface area (Å²) in [5.41, 5.74) is 5.60. The Bertz CT molecular complexity index is 715. The number of rotatable bonds is 4. The quantitative estimate of drug-likeness (QED) is 0.807. The smallest absolute Gasteiger partial charge is 0.243 e. The fraction of sp³-hybridized carbons (Fsp3) is 0.273. The van der Waals surface area contributed by atoms with E-state index in [1.165, 1.54) is 26.4 Å². The van der Waals surface area contributed by atoms with Gasteiger partial charge in [0, 0.05) is 18.3 Å². The molecule has 2 rings (SSSR count). The Morgan fingerprint density at radius 2 is 2.15 bits per heavy atom. The second-order valence-electron chi connectivity index (χ2n) is 4.32. The molecular weight excluding hydrogens is 285 g/mol. The van der Waals surface area contributed by atoms with Gasteiger partial charge in [0.05, 0.1) is 11.4 Å². The molecular formula is C11H14FN5O2S. The summed E-state index contributed by atoms with van der Waals surface area (Å²) in [5, 5.41) is 6.20. The van der Waals surface area contributed by atoms with Crippen LogP contribution in [0.1, 0.15) is 11.4 Å². The third-order valence-corrected chi connectivity index (χ3v) is 4.77. The third kappa shape index (κ3) is 2.63. The van der Waals surface area contributed by atoms with E-state index >= 15 is 0 Å². The highest BCUT2D eigenvalue weighted by Gasteiger charge is 2.25. The molecule has 0 amide bonds. The number of nitrogens with zero attached hydrogens (tertiary/aromatic N) is 3. The van der Waals surface area contributed by atoms with Gasteiger partial charge < -0.3 is 5.73 Å². The summed E-state index contributed by atoms with van der Waals surface area (Å²) in [6.07, 6.45) is 1.28. The van der Waals surface area contributed by atoms with E-state index in [1.807, 2.05) is 0 Å². The summed E-state index contributed by atoms with van der Waals surface area (Å²) < 4.78 is 39.5. The number of benzene rings is 1. The predicted molar refractivity (Wildman–Crippen MR) is 70.6 cm³/mol. The molecule has 20 heavy (non-hydrogen) atoms. The van der Waals surface area contributed by atoms with Crippen molar-refractivity contribution in [3.63, 3.8) is 0 Å². The van der Waals surface area contributed by atoms with Gasteiger partial charge in [-0.1, -0.05) is 0 Å². The second-order valence-corrected chi connectivity index (χ2v) is 6.33. The van der Waals surface area contributed by atoms with E-state index in [0.29, 0.717) is 5.82 Å². The Hall–Kier alpha value is -2.00. The highest BCUT2D eigenvalue weighted by Crippen LogP contribution is 2.24. The standard InChI is InChI=1S/C11H14FN5O2S/c1-7-9(12)3-8(13)4-10(7)20(18,19)17(2)5-11-14-6-15-16-11/h3-4,6H,5,13H2,1-2H3,(H,14,15,16). The van der Waals surface area contributed by atoms with Crippen LogP contribution in [0.4, 0.5) is 10.1 Å². The molecule has 3 N–H and O–H groups in total. The van der Waals surface area contributed by atoms with Gasteiger partial charge in [0.25, 0.3) is 0 Å². The number of nitrogen functional groups attached to an aromatic ring is 1. The van der Waals surface area contributed by atoms with Gasteiger partial charge in [0.1, 0.15) is 18.0 Å². The number of hydrogen-bond donors (Lipinski definition) is 2. The van der Waals surface area contributed by atoms with Crippen LogP contribution in [0.3, 0.4) is 0 Å². The van der Waals surface area contributed by atoms with Crippen molar-refractivity contribution in [3.05, 3.63) is 35.7 Å². The number of hydrogen-bond acceptors (Lipinski definition) is 5. The number of aromatic amines is 1. The van der Waals surface area contributed by atoms with Gasteiger partial charge in [0.2, 0.25) is 10.0 Å². The maximum Gasteiger partial charge on any atom is 0.243 e. The normalized spacial score (nSPS) is 12.0. The van der Waals surface area contributed by atoms with Gasteiger partial charge in [-0.3, -0.25) is 5.10 Å². The molecule has 108 valence electrons. The second kappa shape index (κ2) is 5.17. The molecule has 0 unspecified atom stereocenters. The number of halogens is 1. The lowest BCUT2D eigenvalue weighted by atomic mass is 10.2. The van der Waals surface area contributed by atoms with Gasteiger partial charge >= 0.3 is 0 Å². The number of nitrogens with one attached hydrogen (secondary N) is 1. The molecule has 9 heteroatoms. The topological polar surface area (TPSA) is 105 Å². The lowest BCUT2D eigenvalue weighted by Crippen LogP contribution is -2.28. The molecule has 7 nitrogen and oxygen atoms in total. The van der Waals surface area contributed by atoms with Crippen molar-refractivity contribution in [3.8, 4) is 0 Å². The lowest BCUT2D eigenvalue weighted by Gasteiger charge is -2.18. The van der Waals surface area contributed by atoms with Gasteiger partial charge in [-0.15, -0.1) is 0 Å². The molecule has 0 aliphatic rings. The molecule has 0 aliphatic carbocycles. The van der Waals surface area contributed by atoms with Crippen LogP contribution in [0.2, 0.25) is 0 Å². The van der Waals surface area contributed by atoms with Crippen LogP contribution in [-0.2, 0) is 16.6 Å². The fourth-order valence-electron chi connectivity index (χ4n) is 1.71. The van der Waals surface area contributed by atoms with Crippen LogP contribution >= 0.6 is 0 Å². The minimum atomic E-state index is -3.87. The van der Waals surface area contributed by atoms with E-state index in [-0.39, 0.29) is 22.7 Å². The number of anilines is 1. The SMILES string of the molecule is Cc1c(F)cc(N)cc1S(=O)(=O)N(C)Cc1ncn[nH]1. The zero-order valence-corrected chi connectivity index (χ0v) is 11.8. The van der Waals surface area contributed by atoms with E-state index in [0.717, 1.165) is 10.4 Å². The summed E-state index contributed by atoms with van der Waals surface area (Å²) in [6.45, 7) is 1.39. The van der Waals surface area contributed by atoms with Gasteiger partial charge in [0.15, 0.2) is 0 Å². The Kier molecular flexibility index (Phi) is 3.73. The first kappa shape index (κ1) is 14.4. The first-order chi connectivity index (χ1) is 9.32. The number of nitrogens with two attached hydrogens (primary N) is 1. The average Bonchev–Trinajstić information content (AvgIpc) is 2.86. The van der Waals surface area contributed by atoms with Crippen molar-refractivity contribution in [1.82, 2.24) is 19.5 Å². The largest absolute Gasteiger partial charge is 0.399 e. The molecule has 0 saturated carbocycles. The Morgan fingerprint density at radius 3 is 2.75 bits per heavy atom. The van der Waals surface area contributed by atoms with E-state index < -0.39 is 15.8 Å². The van der Waals surface area contributed by atoms with Crippen LogP contribution < -0.4 is 5.73 Å². The molecule has 0 spiro atoms. The predicted octanol–water partition coefficient (Wildman–Crippen LogP) is 0.655. The van der Waals surface area contributed by atoms with Crippen LogP contribution in [0, 0.1) is 12.7 Å². The van der Waals surface area contributed by atoms with Crippen LogP contribution in [0.5, 0.6) is 0 Å². The summed E-state index contributed by atoms with van der Waals surface area (Å²) >= 11 is 0. The highest BCUT2D eigenvalue weighted by molar-refractivity contribution is 7.89. The number of H-pyrrole nitrogens is 1. The van der Waals surface area contributed by atoms with Crippen molar-refractivity contribution in [2.75, 3.05) is 12.8 Å². The molecule has 0 fully saturated rings. The van der Waals surface area contributed by atoms with Crippen molar-refractivity contribution in [2.24, 2.45) is 0 Å². The summed E-state index contributed by atoms with van der Waals surface area (Å²) in [6, 6.07) is 2.33. The van der Waals surface area contributed by atoms with Crippen molar-refractivity contribution in [2.45, 2.75) is 18.4 Å². The van der Waals surface area contributed by atoms with E-state index in [1.54, 1.807) is 0 Å². The van der Waals surface area contributed by atoms with E-state index in [9.17, 15) is 12.8 Å². The van der Waals surface area contributed by atoms with Crippen LogP contribution in [-0.4, -0.2) is 35.0 Å². The molecule has 1 aromatic heterocycles. The average molecular weight is 299 g/mol. The van der Waals surface area contributed by atoms with Crippen LogP contribution in [0.15, 0.2) is 23.4 Å². The molecule has 0 atom stereocenters. The lowest BCUT2D eigenvalue weighted by molar-refractivity contribution is 0.456. The maximum atomic E-state index is 13.6. The third-order valence-electron chi connectivity index (χ3n) is 2.84. The molecule has 2 aromatic rings. The summed E-state index contributed by atoms with van der Waals surface area (Å²) in [5.74, 6) is -0.269. The Balaban J connectivity index is 2.40. The summed E-state index contributed by atoms with van der Waals surface area (Å²) in [4.78, 5) is 3.69. The zero-order chi connectivity index (χ0) is 14.9. The van der Waals surface area contributed by atoms with Crippen molar-refractivity contribution < 1.29 is 12.8 Å². The Morgan fingerprint density at radius 1 is 1.45 bits per heavy atom. The molecule has 1 heterocycles. The molecule has 0 bridgehead atoms. The van der Waals surface area contributed by atoms with Gasteiger partial charge in [-0.25, -0.2) is 17.8 Å². The number of sulfonamides is 1. The minimum absolute atomic E-state index is 0.00179. The minimum Gasteiger partial charge on any atom is -0.399 e. The molecule has 1 aromatic carbocycles. The van der Waals surface area contributed by atoms with Crippen LogP contribution in [0.25, 0.3) is 0 Å². The van der Waals surface area contributed by atoms with Gasteiger partial charge in [-0.2, -0.15) is 9.40 Å². The van der Waals surface area contributed by atoms with E-state index in [4.69, 9.17) is 5.73 Å². The Labute approximate surface area is 115 Å². The molecule has 0 radical (unpaired) electrons. The first-order valence-electron chi connectivity index (χ1n) is 5.68. The zero-order valence-electron chi connectivity index (χ0n) is 11.0. The monoisotopic (exact) mass is 299 g/mol. The number of aromatic nitrogens is 3. The first-order valence-corrected chi connectivity index (χ1v) is 7.12. The maximum absolute atomic E-state index is 13.6. The molecule has 0 aliphatic heterocycles. The van der Waals surface area contributed by atoms with Gasteiger partial charge in [-0.05, 0) is 19.1 Å². The highest BCUT2D eigenvalue weighted by atomic mass is 32.2. The van der Waals surface area contributed by atoms with E-state index in [2.05, 4.69) is 15.2 Å². The fourth-order valence-corrected chi connectivity index (χ4v) is 3.11. The van der Waals surface area contributed by atoms with Crippen molar-refractivity contribution in [1.29, 1.82) is 0 Å². The molecule has 0 saturated heterocycles. The summed E-state index contributed by atoms with van der Waals surface area (Å²) in [7, 11) is -2.49. The van der Waals surface area contributed by atoms with Crippen molar-refractivity contribution >= 4 is 15.7 Å².